The molecule has 35 heavy (non-hydrogen) atoms. The molecule has 0 aromatic heterocycles. The van der Waals surface area contributed by atoms with Gasteiger partial charge in [0.25, 0.3) is 0 Å². The number of nitrogens with one attached hydrogen (secondary N) is 1. The summed E-state index contributed by atoms with van der Waals surface area (Å²) >= 11 is 0. The Morgan fingerprint density at radius 2 is 1.69 bits per heavy atom. The Hall–Kier alpha value is -1.83. The van der Waals surface area contributed by atoms with E-state index in [1.165, 1.54) is 4.90 Å². The van der Waals surface area contributed by atoms with Gasteiger partial charge >= 0.3 is 19.4 Å². The van der Waals surface area contributed by atoms with Crippen molar-refractivity contribution in [2.45, 2.75) is 88.8 Å². The highest BCUT2D eigenvalue weighted by Gasteiger charge is 2.52. The van der Waals surface area contributed by atoms with Gasteiger partial charge in [-0.25, -0.2) is 17.9 Å². The highest BCUT2D eigenvalue weighted by Crippen LogP contribution is 2.37. The number of benzene rings is 1. The molecule has 1 N–H and O–H groups in total. The van der Waals surface area contributed by atoms with Crippen LogP contribution in [0.15, 0.2) is 23.1 Å². The van der Waals surface area contributed by atoms with Crippen LogP contribution in [0.3, 0.4) is 0 Å². The fourth-order valence-electron chi connectivity index (χ4n) is 3.69. The van der Waals surface area contributed by atoms with Crippen molar-refractivity contribution < 1.29 is 40.4 Å². The van der Waals surface area contributed by atoms with E-state index in [1.807, 2.05) is 0 Å². The number of hydrogen-bond donors (Lipinski definition) is 1. The predicted molar refractivity (Wildman–Crippen MR) is 124 cm³/mol. The van der Waals surface area contributed by atoms with Crippen molar-refractivity contribution >= 4 is 28.7 Å². The summed E-state index contributed by atoms with van der Waals surface area (Å²) in [5.41, 5.74) is -3.54. The molecule has 0 aliphatic carbocycles. The van der Waals surface area contributed by atoms with E-state index in [9.17, 15) is 26.4 Å². The Morgan fingerprint density at radius 1 is 1.11 bits per heavy atom. The van der Waals surface area contributed by atoms with E-state index in [0.29, 0.717) is 12.5 Å². The maximum atomic E-state index is 13.7. The number of hydrogen-bond acceptors (Lipinski definition) is 6. The number of likely N-dealkylation sites (tertiary alicyclic amines) is 1. The normalized spacial score (nSPS) is 22.5. The summed E-state index contributed by atoms with van der Waals surface area (Å²) in [5.74, 6) is 0. The van der Waals surface area contributed by atoms with Gasteiger partial charge in [0.15, 0.2) is 0 Å². The van der Waals surface area contributed by atoms with Gasteiger partial charge in [-0.1, -0.05) is 6.07 Å². The molecule has 2 heterocycles. The van der Waals surface area contributed by atoms with Crippen molar-refractivity contribution in [3.63, 3.8) is 0 Å². The largest absolute Gasteiger partial charge is 0.494 e. The van der Waals surface area contributed by atoms with Crippen LogP contribution in [0.2, 0.25) is 0 Å². The summed E-state index contributed by atoms with van der Waals surface area (Å²) < 4.78 is 86.6. The van der Waals surface area contributed by atoms with Crippen molar-refractivity contribution in [2.24, 2.45) is 0 Å². The Labute approximate surface area is 204 Å². The molecule has 1 amide bonds. The first-order chi connectivity index (χ1) is 15.7. The minimum absolute atomic E-state index is 0.0389. The third-order valence-electron chi connectivity index (χ3n) is 6.25. The van der Waals surface area contributed by atoms with Gasteiger partial charge in [0.1, 0.15) is 5.60 Å². The first kappa shape index (κ1) is 27.8. The second-order valence-electron chi connectivity index (χ2n) is 10.9. The van der Waals surface area contributed by atoms with Crippen LogP contribution >= 0.6 is 0 Å². The summed E-state index contributed by atoms with van der Waals surface area (Å²) in [6, 6.07) is 1.86. The van der Waals surface area contributed by atoms with Crippen LogP contribution in [0.25, 0.3) is 0 Å². The SMILES string of the molecule is CC(C)(C)OC(=O)N1CCC(NS(=O)(=O)c2cc(B3OC(C)(C)C(C)(C)O3)cc(C(F)(F)F)c2)C1. The Bertz CT molecular complexity index is 1070. The summed E-state index contributed by atoms with van der Waals surface area (Å²) in [5, 5.41) is 0. The topological polar surface area (TPSA) is 94.2 Å². The maximum absolute atomic E-state index is 13.7. The lowest BCUT2D eigenvalue weighted by Gasteiger charge is -2.32. The van der Waals surface area contributed by atoms with Gasteiger partial charge in [-0.2, -0.15) is 13.2 Å². The van der Waals surface area contributed by atoms with E-state index >= 15 is 0 Å². The van der Waals surface area contributed by atoms with Crippen LogP contribution in [0.5, 0.6) is 0 Å². The number of carbonyl (C=O) groups is 1. The zero-order valence-corrected chi connectivity index (χ0v) is 21.8. The average molecular weight is 520 g/mol. The molecule has 8 nitrogen and oxygen atoms in total. The molecule has 196 valence electrons. The Morgan fingerprint density at radius 3 is 2.20 bits per heavy atom. The van der Waals surface area contributed by atoms with Crippen LogP contribution < -0.4 is 10.2 Å². The third kappa shape index (κ3) is 6.30. The molecule has 1 aromatic carbocycles. The summed E-state index contributed by atoms with van der Waals surface area (Å²) in [6.07, 6.45) is -5.08. The van der Waals surface area contributed by atoms with Gasteiger partial charge in [0.2, 0.25) is 10.0 Å². The minimum Gasteiger partial charge on any atom is -0.444 e. The first-order valence-corrected chi connectivity index (χ1v) is 12.8. The molecular formula is C22H32BF3N2O6S. The van der Waals surface area contributed by atoms with Gasteiger partial charge in [-0.15, -0.1) is 0 Å². The van der Waals surface area contributed by atoms with E-state index in [-0.39, 0.29) is 18.6 Å². The van der Waals surface area contributed by atoms with Crippen LogP contribution in [0, 0.1) is 0 Å². The molecule has 2 aliphatic rings. The zero-order chi connectivity index (χ0) is 26.6. The molecule has 0 saturated carbocycles. The summed E-state index contributed by atoms with van der Waals surface area (Å²) in [7, 11) is -5.54. The molecule has 0 bridgehead atoms. The number of nitrogens with zero attached hydrogens (tertiary/aromatic N) is 1. The van der Waals surface area contributed by atoms with Gasteiger partial charge in [0.05, 0.1) is 21.7 Å². The summed E-state index contributed by atoms with van der Waals surface area (Å²) in [6.45, 7) is 12.4. The number of amides is 1. The molecular weight excluding hydrogens is 488 g/mol. The average Bonchev–Trinajstić information content (AvgIpc) is 3.20. The van der Waals surface area contributed by atoms with Gasteiger partial charge in [-0.3, -0.25) is 0 Å². The molecule has 2 aliphatic heterocycles. The molecule has 2 fully saturated rings. The lowest BCUT2D eigenvalue weighted by atomic mass is 9.78. The fraction of sp³-hybridized carbons (Fsp3) is 0.682. The van der Waals surface area contributed by atoms with E-state index in [4.69, 9.17) is 14.0 Å². The standard InChI is InChI=1S/C22H32BF3N2O6S/c1-19(2,3)32-18(29)28-9-8-16(13-28)27-35(30,31)17-11-14(22(24,25)26)10-15(12-17)23-33-20(4,5)21(6,7)34-23/h10-12,16,27H,8-9,13H2,1-7H3. The quantitative estimate of drug-likeness (QED) is 0.613. The van der Waals surface area contributed by atoms with E-state index in [2.05, 4.69) is 4.72 Å². The van der Waals surface area contributed by atoms with E-state index in [1.54, 1.807) is 48.5 Å². The van der Waals surface area contributed by atoms with Crippen molar-refractivity contribution in [1.82, 2.24) is 9.62 Å². The van der Waals surface area contributed by atoms with Crippen LogP contribution in [0.4, 0.5) is 18.0 Å². The van der Waals surface area contributed by atoms with Crippen molar-refractivity contribution in [3.05, 3.63) is 23.8 Å². The minimum atomic E-state index is -4.79. The lowest BCUT2D eigenvalue weighted by molar-refractivity contribution is -0.137. The molecule has 0 spiro atoms. The van der Waals surface area contributed by atoms with Crippen molar-refractivity contribution in [1.29, 1.82) is 0 Å². The maximum Gasteiger partial charge on any atom is 0.494 e. The second kappa shape index (κ2) is 8.93. The van der Waals surface area contributed by atoms with E-state index < -0.39 is 62.7 Å². The smallest absolute Gasteiger partial charge is 0.444 e. The highest BCUT2D eigenvalue weighted by molar-refractivity contribution is 7.89. The van der Waals surface area contributed by atoms with Crippen LogP contribution in [0.1, 0.15) is 60.5 Å². The molecule has 1 aromatic rings. The fourth-order valence-corrected chi connectivity index (χ4v) is 5.03. The third-order valence-corrected chi connectivity index (χ3v) is 7.75. The van der Waals surface area contributed by atoms with Gasteiger partial charge < -0.3 is 18.9 Å². The van der Waals surface area contributed by atoms with E-state index in [0.717, 1.165) is 12.1 Å². The number of alkyl halides is 3. The lowest BCUT2D eigenvalue weighted by Crippen LogP contribution is -2.41. The Kier molecular flexibility index (Phi) is 7.08. The van der Waals surface area contributed by atoms with Gasteiger partial charge in [-0.05, 0) is 72.5 Å². The number of carbonyl (C=O) groups excluding carboxylic acids is 1. The number of sulfonamides is 1. The molecule has 3 rings (SSSR count). The molecule has 1 unspecified atom stereocenters. The zero-order valence-electron chi connectivity index (χ0n) is 20.9. The first-order valence-electron chi connectivity index (χ1n) is 11.3. The van der Waals surface area contributed by atoms with Gasteiger partial charge in [0, 0.05) is 19.1 Å². The summed E-state index contributed by atoms with van der Waals surface area (Å²) in [4.78, 5) is 13.1. The molecule has 0 radical (unpaired) electrons. The number of rotatable bonds is 4. The Balaban J connectivity index is 1.85. The number of halogens is 3. The van der Waals surface area contributed by atoms with Crippen molar-refractivity contribution in [2.75, 3.05) is 13.1 Å². The molecule has 13 heteroatoms. The predicted octanol–water partition coefficient (Wildman–Crippen LogP) is 3.29. The molecule has 2 saturated heterocycles. The highest BCUT2D eigenvalue weighted by atomic mass is 32.2. The monoisotopic (exact) mass is 520 g/mol. The second-order valence-corrected chi connectivity index (χ2v) is 12.6. The van der Waals surface area contributed by atoms with Crippen molar-refractivity contribution in [3.8, 4) is 0 Å². The van der Waals surface area contributed by atoms with Crippen LogP contribution in [-0.2, 0) is 30.2 Å². The number of ether oxygens (including phenoxy) is 1. The van der Waals surface area contributed by atoms with Crippen LogP contribution in [-0.4, -0.2) is 62.5 Å². The molecule has 1 atom stereocenters.